The van der Waals surface area contributed by atoms with Crippen LogP contribution in [0.4, 0.5) is 5.69 Å². The number of rotatable bonds is 5. The van der Waals surface area contributed by atoms with Crippen molar-refractivity contribution in [3.8, 4) is 5.75 Å². The highest BCUT2D eigenvalue weighted by Gasteiger charge is 2.14. The van der Waals surface area contributed by atoms with Gasteiger partial charge in [-0.3, -0.25) is 10.1 Å². The maximum absolute atomic E-state index is 10.9. The van der Waals surface area contributed by atoms with Crippen molar-refractivity contribution >= 4 is 5.69 Å². The van der Waals surface area contributed by atoms with Crippen LogP contribution in [0, 0.1) is 10.1 Å². The van der Waals surface area contributed by atoms with E-state index in [0.29, 0.717) is 18.3 Å². The molecule has 1 aliphatic carbocycles. The van der Waals surface area contributed by atoms with Crippen molar-refractivity contribution < 1.29 is 9.66 Å². The van der Waals surface area contributed by atoms with E-state index in [0.717, 1.165) is 5.56 Å². The molecule has 0 aliphatic heterocycles. The molecule has 5 heteroatoms. The highest BCUT2D eigenvalue weighted by molar-refractivity contribution is 5.42. The van der Waals surface area contributed by atoms with E-state index in [1.165, 1.54) is 45.3 Å². The van der Waals surface area contributed by atoms with Gasteiger partial charge in [-0.1, -0.05) is 19.3 Å². The van der Waals surface area contributed by atoms with Crippen LogP contribution in [0.25, 0.3) is 0 Å². The Labute approximate surface area is 113 Å². The molecule has 19 heavy (non-hydrogen) atoms. The predicted molar refractivity (Wildman–Crippen MR) is 73.4 cm³/mol. The predicted octanol–water partition coefficient (Wildman–Crippen LogP) is 3.03. The number of non-ortho nitro benzene ring substituents is 1. The highest BCUT2D eigenvalue weighted by atomic mass is 16.6. The highest BCUT2D eigenvalue weighted by Crippen LogP contribution is 2.23. The minimum atomic E-state index is -0.382. The number of nitro benzene ring substituents is 1. The fraction of sp³-hybridized carbons (Fsp3) is 0.571. The summed E-state index contributed by atoms with van der Waals surface area (Å²) in [6.45, 7) is 0.655. The van der Waals surface area contributed by atoms with E-state index in [2.05, 4.69) is 5.32 Å². The van der Waals surface area contributed by atoms with E-state index in [1.54, 1.807) is 6.07 Å². The second-order valence-electron chi connectivity index (χ2n) is 5.01. The topological polar surface area (TPSA) is 64.4 Å². The van der Waals surface area contributed by atoms with Gasteiger partial charge >= 0.3 is 0 Å². The van der Waals surface area contributed by atoms with Gasteiger partial charge < -0.3 is 10.1 Å². The number of nitrogens with zero attached hydrogens (tertiary/aromatic N) is 1. The summed E-state index contributed by atoms with van der Waals surface area (Å²) < 4.78 is 5.11. The van der Waals surface area contributed by atoms with Crippen molar-refractivity contribution in [3.63, 3.8) is 0 Å². The molecule has 0 heterocycles. The van der Waals surface area contributed by atoms with Crippen LogP contribution in [-0.2, 0) is 6.54 Å². The maximum Gasteiger partial charge on any atom is 0.273 e. The fourth-order valence-corrected chi connectivity index (χ4v) is 2.54. The molecule has 104 valence electrons. The number of nitrogens with one attached hydrogen (secondary N) is 1. The lowest BCUT2D eigenvalue weighted by molar-refractivity contribution is -0.385. The minimum Gasteiger partial charge on any atom is -0.496 e. The summed E-state index contributed by atoms with van der Waals surface area (Å²) in [5.74, 6) is 0.537. The summed E-state index contributed by atoms with van der Waals surface area (Å²) in [6, 6.07) is 5.45. The Morgan fingerprint density at radius 1 is 1.32 bits per heavy atom. The average Bonchev–Trinajstić information content (AvgIpc) is 2.45. The Balaban J connectivity index is 2.02. The van der Waals surface area contributed by atoms with Crippen molar-refractivity contribution in [3.05, 3.63) is 33.9 Å². The summed E-state index contributed by atoms with van der Waals surface area (Å²) >= 11 is 0. The molecule has 0 bridgehead atoms. The number of nitro groups is 1. The Kier molecular flexibility index (Phi) is 4.74. The summed E-state index contributed by atoms with van der Waals surface area (Å²) in [6.07, 6.45) is 6.27. The first-order chi connectivity index (χ1) is 9.19. The number of hydrogen-bond donors (Lipinski definition) is 1. The molecule has 0 aromatic heterocycles. The molecule has 0 radical (unpaired) electrons. The molecule has 1 aromatic rings. The van der Waals surface area contributed by atoms with E-state index in [9.17, 15) is 10.1 Å². The third-order valence-electron chi connectivity index (χ3n) is 3.60. The molecule has 1 aromatic carbocycles. The molecular formula is C14H20N2O3. The zero-order chi connectivity index (χ0) is 13.7. The second kappa shape index (κ2) is 6.52. The summed E-state index contributed by atoms with van der Waals surface area (Å²) in [7, 11) is 1.53. The van der Waals surface area contributed by atoms with E-state index in [4.69, 9.17) is 4.74 Å². The van der Waals surface area contributed by atoms with Crippen LogP contribution in [0.2, 0.25) is 0 Å². The minimum absolute atomic E-state index is 0.0831. The third-order valence-corrected chi connectivity index (χ3v) is 3.60. The lowest BCUT2D eigenvalue weighted by Crippen LogP contribution is -2.30. The normalized spacial score (nSPS) is 16.3. The van der Waals surface area contributed by atoms with Crippen LogP contribution in [0.1, 0.15) is 37.7 Å². The first kappa shape index (κ1) is 13.8. The standard InChI is InChI=1S/C14H20N2O3/c1-19-14-8-11(7-13(9-14)16(17)18)10-15-12-5-3-2-4-6-12/h7-9,12,15H,2-6,10H2,1H3. The number of ether oxygens (including phenoxy) is 1. The van der Waals surface area contributed by atoms with Crippen molar-refractivity contribution in [1.29, 1.82) is 0 Å². The summed E-state index contributed by atoms with van der Waals surface area (Å²) in [4.78, 5) is 10.5. The third kappa shape index (κ3) is 3.92. The summed E-state index contributed by atoms with van der Waals surface area (Å²) in [5.41, 5.74) is 0.983. The largest absolute Gasteiger partial charge is 0.496 e. The first-order valence-electron chi connectivity index (χ1n) is 6.75. The molecule has 0 unspecified atom stereocenters. The van der Waals surface area contributed by atoms with Crippen LogP contribution >= 0.6 is 0 Å². The molecule has 0 saturated heterocycles. The second-order valence-corrected chi connectivity index (χ2v) is 5.01. The van der Waals surface area contributed by atoms with Crippen LogP contribution in [0.3, 0.4) is 0 Å². The van der Waals surface area contributed by atoms with Crippen LogP contribution in [0.5, 0.6) is 5.75 Å². The lowest BCUT2D eigenvalue weighted by atomic mass is 9.95. The maximum atomic E-state index is 10.9. The molecular weight excluding hydrogens is 244 g/mol. The Morgan fingerprint density at radius 2 is 2.05 bits per heavy atom. The molecule has 0 atom stereocenters. The quantitative estimate of drug-likeness (QED) is 0.656. The number of hydrogen-bond acceptors (Lipinski definition) is 4. The van der Waals surface area contributed by atoms with E-state index in [1.807, 2.05) is 6.07 Å². The van der Waals surface area contributed by atoms with Gasteiger partial charge in [-0.25, -0.2) is 0 Å². The van der Waals surface area contributed by atoms with Gasteiger partial charge in [0.05, 0.1) is 18.1 Å². The van der Waals surface area contributed by atoms with Gasteiger partial charge in [-0.05, 0) is 24.5 Å². The van der Waals surface area contributed by atoms with E-state index in [-0.39, 0.29) is 10.6 Å². The van der Waals surface area contributed by atoms with Crippen LogP contribution in [0.15, 0.2) is 18.2 Å². The Hall–Kier alpha value is -1.62. The zero-order valence-electron chi connectivity index (χ0n) is 11.2. The zero-order valence-corrected chi connectivity index (χ0v) is 11.2. The number of methoxy groups -OCH3 is 1. The van der Waals surface area contributed by atoms with Gasteiger partial charge in [-0.15, -0.1) is 0 Å². The van der Waals surface area contributed by atoms with E-state index >= 15 is 0 Å². The molecule has 1 N–H and O–H groups in total. The monoisotopic (exact) mass is 264 g/mol. The van der Waals surface area contributed by atoms with Gasteiger partial charge in [0.25, 0.3) is 5.69 Å². The Morgan fingerprint density at radius 3 is 2.68 bits per heavy atom. The molecule has 1 aliphatic rings. The van der Waals surface area contributed by atoms with Crippen LogP contribution < -0.4 is 10.1 Å². The smallest absolute Gasteiger partial charge is 0.273 e. The lowest BCUT2D eigenvalue weighted by Gasteiger charge is -2.22. The van der Waals surface area contributed by atoms with Crippen molar-refractivity contribution in [2.45, 2.75) is 44.7 Å². The molecule has 0 spiro atoms. The first-order valence-corrected chi connectivity index (χ1v) is 6.75. The van der Waals surface area contributed by atoms with Crippen molar-refractivity contribution in [1.82, 2.24) is 5.32 Å². The van der Waals surface area contributed by atoms with Crippen molar-refractivity contribution in [2.75, 3.05) is 7.11 Å². The van der Waals surface area contributed by atoms with Gasteiger partial charge in [0.1, 0.15) is 5.75 Å². The van der Waals surface area contributed by atoms with Gasteiger partial charge in [0, 0.05) is 18.7 Å². The molecule has 0 amide bonds. The fourth-order valence-electron chi connectivity index (χ4n) is 2.54. The van der Waals surface area contributed by atoms with Gasteiger partial charge in [0.2, 0.25) is 0 Å². The molecule has 5 nitrogen and oxygen atoms in total. The summed E-state index contributed by atoms with van der Waals surface area (Å²) in [5, 5.41) is 14.3. The van der Waals surface area contributed by atoms with Gasteiger partial charge in [0.15, 0.2) is 0 Å². The average molecular weight is 264 g/mol. The molecule has 1 saturated carbocycles. The molecule has 2 rings (SSSR count). The molecule has 1 fully saturated rings. The van der Waals surface area contributed by atoms with E-state index < -0.39 is 0 Å². The van der Waals surface area contributed by atoms with Crippen LogP contribution in [-0.4, -0.2) is 18.1 Å². The number of benzene rings is 1. The van der Waals surface area contributed by atoms with Gasteiger partial charge in [-0.2, -0.15) is 0 Å². The SMILES string of the molecule is COc1cc(CNC2CCCCC2)cc([N+](=O)[O-])c1. The van der Waals surface area contributed by atoms with Crippen molar-refractivity contribution in [2.24, 2.45) is 0 Å². The Bertz CT molecular complexity index is 442.